The molecular weight excluding hydrogens is 422 g/mol. The molecule has 0 bridgehead atoms. The lowest BCUT2D eigenvalue weighted by Gasteiger charge is -2.31. The molecule has 0 saturated carbocycles. The fourth-order valence-corrected chi connectivity index (χ4v) is 6.25. The summed E-state index contributed by atoms with van der Waals surface area (Å²) < 4.78 is 29.6. The highest BCUT2D eigenvalue weighted by molar-refractivity contribution is 7.91. The second-order valence-electron chi connectivity index (χ2n) is 8.55. The lowest BCUT2D eigenvalue weighted by molar-refractivity contribution is -0.141. The zero-order valence-corrected chi connectivity index (χ0v) is 18.3. The SMILES string of the molecule is C[C@]1(c2ccccc2)NC(=O)N(CC(=O)N(C[C@H]2CCCO2)[C@H]2CCS(=O)(=O)C2)C1=O. The van der Waals surface area contributed by atoms with Crippen LogP contribution in [0.25, 0.3) is 0 Å². The first-order valence-electron chi connectivity index (χ1n) is 10.5. The molecule has 4 amide bonds. The van der Waals surface area contributed by atoms with Crippen molar-refractivity contribution < 1.29 is 27.5 Å². The Morgan fingerprint density at radius 3 is 2.61 bits per heavy atom. The lowest BCUT2D eigenvalue weighted by atomic mass is 9.92. The van der Waals surface area contributed by atoms with Gasteiger partial charge in [-0.25, -0.2) is 13.2 Å². The van der Waals surface area contributed by atoms with Gasteiger partial charge in [0.2, 0.25) is 5.91 Å². The van der Waals surface area contributed by atoms with E-state index < -0.39 is 45.8 Å². The van der Waals surface area contributed by atoms with E-state index in [1.54, 1.807) is 31.2 Å². The van der Waals surface area contributed by atoms with Crippen molar-refractivity contribution in [3.63, 3.8) is 0 Å². The van der Waals surface area contributed by atoms with E-state index in [-0.39, 0.29) is 24.2 Å². The first-order valence-corrected chi connectivity index (χ1v) is 12.3. The highest BCUT2D eigenvalue weighted by atomic mass is 32.2. The van der Waals surface area contributed by atoms with Gasteiger partial charge in [-0.3, -0.25) is 14.5 Å². The van der Waals surface area contributed by atoms with Gasteiger partial charge < -0.3 is 15.0 Å². The van der Waals surface area contributed by atoms with Crippen molar-refractivity contribution in [3.05, 3.63) is 35.9 Å². The smallest absolute Gasteiger partial charge is 0.325 e. The molecule has 0 radical (unpaired) electrons. The van der Waals surface area contributed by atoms with Crippen molar-refractivity contribution in [2.45, 2.75) is 43.9 Å². The average Bonchev–Trinajstić information content (AvgIpc) is 3.43. The predicted octanol–water partition coefficient (Wildman–Crippen LogP) is 0.648. The van der Waals surface area contributed by atoms with E-state index in [2.05, 4.69) is 5.32 Å². The Labute approximate surface area is 181 Å². The Morgan fingerprint density at radius 1 is 1.26 bits per heavy atom. The number of rotatable bonds is 6. The fourth-order valence-electron chi connectivity index (χ4n) is 4.52. The van der Waals surface area contributed by atoms with Crippen LogP contribution in [0, 0.1) is 0 Å². The van der Waals surface area contributed by atoms with Crippen molar-refractivity contribution in [3.8, 4) is 0 Å². The molecular formula is C21H27N3O6S. The zero-order chi connectivity index (χ0) is 22.2. The molecule has 31 heavy (non-hydrogen) atoms. The van der Waals surface area contributed by atoms with Crippen LogP contribution in [0.2, 0.25) is 0 Å². The van der Waals surface area contributed by atoms with Crippen LogP contribution in [0.15, 0.2) is 30.3 Å². The number of ether oxygens (including phenoxy) is 1. The number of nitrogens with zero attached hydrogens (tertiary/aromatic N) is 2. The lowest BCUT2D eigenvalue weighted by Crippen LogP contribution is -2.50. The summed E-state index contributed by atoms with van der Waals surface area (Å²) in [4.78, 5) is 41.4. The summed E-state index contributed by atoms with van der Waals surface area (Å²) in [5, 5.41) is 2.69. The maximum absolute atomic E-state index is 13.2. The summed E-state index contributed by atoms with van der Waals surface area (Å²) >= 11 is 0. The van der Waals surface area contributed by atoms with Gasteiger partial charge >= 0.3 is 6.03 Å². The number of carbonyl (C=O) groups is 3. The van der Waals surface area contributed by atoms with E-state index in [4.69, 9.17) is 4.74 Å². The maximum atomic E-state index is 13.2. The van der Waals surface area contributed by atoms with Gasteiger partial charge in [-0.15, -0.1) is 0 Å². The number of hydrogen-bond acceptors (Lipinski definition) is 6. The Kier molecular flexibility index (Phi) is 5.78. The van der Waals surface area contributed by atoms with Crippen molar-refractivity contribution in [1.29, 1.82) is 0 Å². The topological polar surface area (TPSA) is 113 Å². The van der Waals surface area contributed by atoms with E-state index >= 15 is 0 Å². The maximum Gasteiger partial charge on any atom is 0.325 e. The Hall–Kier alpha value is -2.46. The summed E-state index contributed by atoms with van der Waals surface area (Å²) in [5.74, 6) is -1.03. The number of imide groups is 1. The van der Waals surface area contributed by atoms with E-state index in [9.17, 15) is 22.8 Å². The molecule has 168 valence electrons. The van der Waals surface area contributed by atoms with E-state index in [0.717, 1.165) is 17.7 Å². The molecule has 4 rings (SSSR count). The molecule has 1 aromatic carbocycles. The summed E-state index contributed by atoms with van der Waals surface area (Å²) in [6.07, 6.45) is 1.86. The Morgan fingerprint density at radius 2 is 2.00 bits per heavy atom. The molecule has 3 aliphatic heterocycles. The molecule has 10 heteroatoms. The quantitative estimate of drug-likeness (QED) is 0.638. The van der Waals surface area contributed by atoms with Gasteiger partial charge in [0, 0.05) is 19.2 Å². The summed E-state index contributed by atoms with van der Waals surface area (Å²) in [6.45, 7) is 2.05. The summed E-state index contributed by atoms with van der Waals surface area (Å²) in [5.41, 5.74) is -0.629. The molecule has 0 aromatic heterocycles. The van der Waals surface area contributed by atoms with Gasteiger partial charge in [0.15, 0.2) is 9.84 Å². The second-order valence-corrected chi connectivity index (χ2v) is 10.8. The number of amides is 4. The van der Waals surface area contributed by atoms with Gasteiger partial charge in [0.25, 0.3) is 5.91 Å². The molecule has 1 N–H and O–H groups in total. The fraction of sp³-hybridized carbons (Fsp3) is 0.571. The minimum atomic E-state index is -3.21. The molecule has 3 saturated heterocycles. The zero-order valence-electron chi connectivity index (χ0n) is 17.5. The largest absolute Gasteiger partial charge is 0.376 e. The number of benzene rings is 1. The molecule has 9 nitrogen and oxygen atoms in total. The molecule has 0 aliphatic carbocycles. The number of sulfone groups is 1. The van der Waals surface area contributed by atoms with Crippen molar-refractivity contribution >= 4 is 27.7 Å². The number of carbonyl (C=O) groups excluding carboxylic acids is 3. The molecule has 0 unspecified atom stereocenters. The molecule has 3 aliphatic rings. The molecule has 1 aromatic rings. The van der Waals surface area contributed by atoms with Crippen LogP contribution in [0.4, 0.5) is 4.79 Å². The molecule has 3 atom stereocenters. The van der Waals surface area contributed by atoms with Gasteiger partial charge in [0.1, 0.15) is 12.1 Å². The minimum Gasteiger partial charge on any atom is -0.376 e. The van der Waals surface area contributed by atoms with Crippen LogP contribution in [0.1, 0.15) is 31.7 Å². The molecule has 3 fully saturated rings. The highest BCUT2D eigenvalue weighted by Gasteiger charge is 2.50. The third-order valence-electron chi connectivity index (χ3n) is 6.31. The third kappa shape index (κ3) is 4.31. The van der Waals surface area contributed by atoms with Crippen LogP contribution in [0.3, 0.4) is 0 Å². The summed E-state index contributed by atoms with van der Waals surface area (Å²) in [6, 6.07) is 7.75. The second kappa shape index (κ2) is 8.23. The van der Waals surface area contributed by atoms with Crippen LogP contribution in [-0.4, -0.2) is 79.4 Å². The van der Waals surface area contributed by atoms with Crippen molar-refractivity contribution in [2.24, 2.45) is 0 Å². The predicted molar refractivity (Wildman–Crippen MR) is 112 cm³/mol. The van der Waals surface area contributed by atoms with Crippen LogP contribution >= 0.6 is 0 Å². The number of hydrogen-bond donors (Lipinski definition) is 1. The van der Waals surface area contributed by atoms with Gasteiger partial charge in [0.05, 0.1) is 17.6 Å². The first kappa shape index (κ1) is 21.8. The van der Waals surface area contributed by atoms with Gasteiger partial charge in [-0.1, -0.05) is 30.3 Å². The van der Waals surface area contributed by atoms with Crippen molar-refractivity contribution in [1.82, 2.24) is 15.1 Å². The minimum absolute atomic E-state index is 0.0299. The van der Waals surface area contributed by atoms with Crippen LogP contribution in [-0.2, 0) is 29.7 Å². The van der Waals surface area contributed by atoms with Crippen LogP contribution < -0.4 is 5.32 Å². The van der Waals surface area contributed by atoms with E-state index in [0.29, 0.717) is 18.6 Å². The van der Waals surface area contributed by atoms with Crippen molar-refractivity contribution in [2.75, 3.05) is 31.2 Å². The van der Waals surface area contributed by atoms with Gasteiger partial charge in [-0.2, -0.15) is 0 Å². The van der Waals surface area contributed by atoms with Crippen LogP contribution in [0.5, 0.6) is 0 Å². The van der Waals surface area contributed by atoms with E-state index in [1.165, 1.54) is 4.90 Å². The number of urea groups is 1. The highest BCUT2D eigenvalue weighted by Crippen LogP contribution is 2.29. The normalized spacial score (nSPS) is 29.9. The Balaban J connectivity index is 1.52. The third-order valence-corrected chi connectivity index (χ3v) is 8.06. The summed E-state index contributed by atoms with van der Waals surface area (Å²) in [7, 11) is -3.21. The van der Waals surface area contributed by atoms with E-state index in [1.807, 2.05) is 6.07 Å². The first-order chi connectivity index (χ1) is 14.7. The standard InChI is InChI=1S/C21H27N3O6S/c1-21(15-6-3-2-4-7-15)19(26)24(20(27)22-21)13-18(25)23(12-17-8-5-10-30-17)16-9-11-31(28,29)14-16/h2-4,6-7,16-17H,5,8-14H2,1H3,(H,22,27)/t16-,17+,21+/m0/s1. The molecule has 0 spiro atoms. The molecule has 3 heterocycles. The average molecular weight is 450 g/mol. The monoisotopic (exact) mass is 449 g/mol. The van der Waals surface area contributed by atoms with Gasteiger partial charge in [-0.05, 0) is 31.7 Å². The number of nitrogens with one attached hydrogen (secondary N) is 1. The Bertz CT molecular complexity index is 976.